The minimum Gasteiger partial charge on any atom is -0.481 e. The second-order valence-electron chi connectivity index (χ2n) is 2.94. The maximum atomic E-state index is 5.19. The molecule has 0 aromatic heterocycles. The van der Waals surface area contributed by atoms with Gasteiger partial charge >= 0.3 is 0 Å². The zero-order valence-electron chi connectivity index (χ0n) is 7.38. The smallest absolute Gasteiger partial charge is 0.216 e. The number of aliphatic imine (C=N–C) groups is 1. The first-order chi connectivity index (χ1) is 6.31. The summed E-state index contributed by atoms with van der Waals surface area (Å²) in [5.74, 6) is 0.758. The number of rotatable bonds is 0. The van der Waals surface area contributed by atoms with Crippen molar-refractivity contribution in [2.75, 3.05) is 13.7 Å². The summed E-state index contributed by atoms with van der Waals surface area (Å²) in [5, 5.41) is 0. The predicted octanol–water partition coefficient (Wildman–Crippen LogP) is 2.40. The molecule has 3 heteroatoms. The third-order valence-corrected chi connectivity index (χ3v) is 2.62. The molecule has 0 saturated heterocycles. The molecular weight excluding hydrogens is 230 g/mol. The number of hydrogen-bond donors (Lipinski definition) is 0. The minimum atomic E-state index is 0.758. The Balaban J connectivity index is 2.49. The topological polar surface area (TPSA) is 21.6 Å². The number of ether oxygens (including phenoxy) is 1. The van der Waals surface area contributed by atoms with Crippen LogP contribution in [0.5, 0.6) is 0 Å². The molecule has 1 aliphatic rings. The van der Waals surface area contributed by atoms with Gasteiger partial charge in [-0.05, 0) is 30.2 Å². The van der Waals surface area contributed by atoms with Gasteiger partial charge in [0, 0.05) is 16.6 Å². The highest BCUT2D eigenvalue weighted by atomic mass is 79.9. The lowest BCUT2D eigenvalue weighted by Gasteiger charge is -2.15. The largest absolute Gasteiger partial charge is 0.481 e. The molecule has 0 amide bonds. The third-order valence-electron chi connectivity index (χ3n) is 2.13. The zero-order valence-corrected chi connectivity index (χ0v) is 8.97. The normalized spacial score (nSPS) is 14.8. The fourth-order valence-corrected chi connectivity index (χ4v) is 1.92. The van der Waals surface area contributed by atoms with Crippen LogP contribution in [0, 0.1) is 0 Å². The summed E-state index contributed by atoms with van der Waals surface area (Å²) < 4.78 is 6.31. The Labute approximate surface area is 85.8 Å². The minimum absolute atomic E-state index is 0.758. The number of methoxy groups -OCH3 is 1. The van der Waals surface area contributed by atoms with Gasteiger partial charge in [0.1, 0.15) is 0 Å². The Hall–Kier alpha value is -0.830. The van der Waals surface area contributed by atoms with E-state index in [0.717, 1.165) is 28.9 Å². The molecule has 13 heavy (non-hydrogen) atoms. The SMILES string of the molecule is COC1=NCCc2cc(Br)ccc21. The Morgan fingerprint density at radius 1 is 1.46 bits per heavy atom. The van der Waals surface area contributed by atoms with Gasteiger partial charge in [-0.3, -0.25) is 4.99 Å². The number of benzene rings is 1. The van der Waals surface area contributed by atoms with Gasteiger partial charge in [0.25, 0.3) is 0 Å². The summed E-state index contributed by atoms with van der Waals surface area (Å²) in [6.45, 7) is 0.826. The van der Waals surface area contributed by atoms with Gasteiger partial charge in [-0.15, -0.1) is 0 Å². The van der Waals surface area contributed by atoms with Crippen LogP contribution >= 0.6 is 15.9 Å². The Kier molecular flexibility index (Phi) is 2.36. The predicted molar refractivity (Wildman–Crippen MR) is 56.3 cm³/mol. The van der Waals surface area contributed by atoms with Crippen LogP contribution in [-0.2, 0) is 11.2 Å². The Bertz CT molecular complexity index is 360. The highest BCUT2D eigenvalue weighted by Gasteiger charge is 2.13. The fraction of sp³-hybridized carbons (Fsp3) is 0.300. The molecule has 0 N–H and O–H groups in total. The van der Waals surface area contributed by atoms with Crippen molar-refractivity contribution in [2.24, 2.45) is 4.99 Å². The first-order valence-electron chi connectivity index (χ1n) is 4.18. The maximum Gasteiger partial charge on any atom is 0.216 e. The van der Waals surface area contributed by atoms with Gasteiger partial charge in [0.05, 0.1) is 7.11 Å². The van der Waals surface area contributed by atoms with Crippen LogP contribution < -0.4 is 0 Å². The third kappa shape index (κ3) is 1.61. The maximum absolute atomic E-state index is 5.19. The van der Waals surface area contributed by atoms with E-state index in [9.17, 15) is 0 Å². The molecule has 0 spiro atoms. The van der Waals surface area contributed by atoms with Crippen LogP contribution in [0.15, 0.2) is 27.7 Å². The second kappa shape index (κ2) is 3.50. The van der Waals surface area contributed by atoms with Gasteiger partial charge in [-0.25, -0.2) is 0 Å². The van der Waals surface area contributed by atoms with Crippen molar-refractivity contribution in [3.05, 3.63) is 33.8 Å². The lowest BCUT2D eigenvalue weighted by atomic mass is 10.0. The van der Waals surface area contributed by atoms with E-state index in [1.165, 1.54) is 5.56 Å². The molecule has 0 fully saturated rings. The highest BCUT2D eigenvalue weighted by molar-refractivity contribution is 9.10. The molecule has 0 aliphatic carbocycles. The van der Waals surface area contributed by atoms with Crippen LogP contribution in [0.1, 0.15) is 11.1 Å². The standard InChI is InChI=1S/C10H10BrNO/c1-13-10-9-3-2-8(11)6-7(9)4-5-12-10/h2-3,6H,4-5H2,1H3. The summed E-state index contributed by atoms with van der Waals surface area (Å²) in [5.41, 5.74) is 2.43. The molecule has 0 saturated carbocycles. The number of nitrogens with zero attached hydrogens (tertiary/aromatic N) is 1. The molecule has 1 aliphatic heterocycles. The lowest BCUT2D eigenvalue weighted by Crippen LogP contribution is -2.14. The fourth-order valence-electron chi connectivity index (χ4n) is 1.52. The summed E-state index contributed by atoms with van der Waals surface area (Å²) in [6, 6.07) is 6.18. The quantitative estimate of drug-likeness (QED) is 0.682. The van der Waals surface area contributed by atoms with Gasteiger partial charge in [-0.1, -0.05) is 15.9 Å². The van der Waals surface area contributed by atoms with E-state index in [0.29, 0.717) is 0 Å². The Morgan fingerprint density at radius 3 is 3.08 bits per heavy atom. The number of halogens is 1. The molecule has 1 aromatic rings. The van der Waals surface area contributed by atoms with Crippen LogP contribution in [0.25, 0.3) is 0 Å². The van der Waals surface area contributed by atoms with Gasteiger partial charge in [0.15, 0.2) is 0 Å². The van der Waals surface area contributed by atoms with Crippen LogP contribution in [0.3, 0.4) is 0 Å². The van der Waals surface area contributed by atoms with Crippen LogP contribution in [-0.4, -0.2) is 19.6 Å². The average Bonchev–Trinajstić information content (AvgIpc) is 2.16. The van der Waals surface area contributed by atoms with Crippen molar-refractivity contribution in [3.63, 3.8) is 0 Å². The molecule has 0 bridgehead atoms. The van der Waals surface area contributed by atoms with E-state index < -0.39 is 0 Å². The van der Waals surface area contributed by atoms with Crippen LogP contribution in [0.4, 0.5) is 0 Å². The molecular formula is C10H10BrNO. The monoisotopic (exact) mass is 239 g/mol. The van der Waals surface area contributed by atoms with Crippen molar-refractivity contribution < 1.29 is 4.74 Å². The number of fused-ring (bicyclic) bond motifs is 1. The Morgan fingerprint density at radius 2 is 2.31 bits per heavy atom. The molecule has 2 rings (SSSR count). The van der Waals surface area contributed by atoms with E-state index in [4.69, 9.17) is 4.74 Å². The number of hydrogen-bond acceptors (Lipinski definition) is 2. The summed E-state index contributed by atoms with van der Waals surface area (Å²) in [7, 11) is 1.66. The summed E-state index contributed by atoms with van der Waals surface area (Å²) >= 11 is 3.45. The van der Waals surface area contributed by atoms with E-state index in [1.54, 1.807) is 7.11 Å². The molecule has 2 nitrogen and oxygen atoms in total. The van der Waals surface area contributed by atoms with Gasteiger partial charge < -0.3 is 4.74 Å². The molecule has 1 aromatic carbocycles. The lowest BCUT2D eigenvalue weighted by molar-refractivity contribution is 0.400. The molecule has 0 unspecified atom stereocenters. The van der Waals surface area contributed by atoms with Crippen molar-refractivity contribution in [1.29, 1.82) is 0 Å². The van der Waals surface area contributed by atoms with Gasteiger partial charge in [-0.2, -0.15) is 0 Å². The van der Waals surface area contributed by atoms with Crippen LogP contribution in [0.2, 0.25) is 0 Å². The van der Waals surface area contributed by atoms with Crippen molar-refractivity contribution in [2.45, 2.75) is 6.42 Å². The van der Waals surface area contributed by atoms with Crippen molar-refractivity contribution in [3.8, 4) is 0 Å². The summed E-state index contributed by atoms with van der Waals surface area (Å²) in [4.78, 5) is 4.30. The van der Waals surface area contributed by atoms with E-state index in [-0.39, 0.29) is 0 Å². The zero-order chi connectivity index (χ0) is 9.26. The highest BCUT2D eigenvalue weighted by Crippen LogP contribution is 2.21. The molecule has 68 valence electrons. The average molecular weight is 240 g/mol. The van der Waals surface area contributed by atoms with Crippen molar-refractivity contribution >= 4 is 21.8 Å². The van der Waals surface area contributed by atoms with E-state index >= 15 is 0 Å². The second-order valence-corrected chi connectivity index (χ2v) is 3.86. The van der Waals surface area contributed by atoms with Gasteiger partial charge in [0.2, 0.25) is 5.90 Å². The van der Waals surface area contributed by atoms with E-state index in [2.05, 4.69) is 27.0 Å². The molecule has 1 heterocycles. The molecule has 0 atom stereocenters. The van der Waals surface area contributed by atoms with E-state index in [1.807, 2.05) is 12.1 Å². The summed E-state index contributed by atoms with van der Waals surface area (Å²) in [6.07, 6.45) is 1.00. The first kappa shape index (κ1) is 8.75. The van der Waals surface area contributed by atoms with Crippen molar-refractivity contribution in [1.82, 2.24) is 0 Å². The molecule has 0 radical (unpaired) electrons. The first-order valence-corrected chi connectivity index (χ1v) is 4.98.